The second kappa shape index (κ2) is 3.52. The molecule has 0 fully saturated rings. The van der Waals surface area contributed by atoms with Crippen LogP contribution in [0.25, 0.3) is 10.9 Å². The first-order valence-electron chi connectivity index (χ1n) is 4.51. The van der Waals surface area contributed by atoms with Gasteiger partial charge in [-0.2, -0.15) is 5.26 Å². The number of aromatic nitrogens is 1. The number of hydrogen-bond acceptors (Lipinski definition) is 2. The van der Waals surface area contributed by atoms with Crippen molar-refractivity contribution in [2.75, 3.05) is 0 Å². The number of para-hydroxylation sites is 1. The van der Waals surface area contributed by atoms with Crippen molar-refractivity contribution in [1.29, 1.82) is 5.26 Å². The van der Waals surface area contributed by atoms with Crippen LogP contribution in [0, 0.1) is 11.3 Å². The highest BCUT2D eigenvalue weighted by molar-refractivity contribution is 5.83. The van der Waals surface area contributed by atoms with Crippen molar-refractivity contribution in [2.45, 2.75) is 12.5 Å². The highest BCUT2D eigenvalue weighted by Gasteiger charge is 2.06. The van der Waals surface area contributed by atoms with Crippen LogP contribution in [-0.2, 0) is 6.42 Å². The fourth-order valence-corrected chi connectivity index (χ4v) is 1.58. The zero-order valence-corrected chi connectivity index (χ0v) is 7.70. The first kappa shape index (κ1) is 8.79. The molecule has 0 aliphatic rings. The SMILES string of the molecule is N#C[C@H](N)Cc1c[nH]c2ccccc12. The summed E-state index contributed by atoms with van der Waals surface area (Å²) >= 11 is 0. The Kier molecular flexibility index (Phi) is 2.21. The summed E-state index contributed by atoms with van der Waals surface area (Å²) < 4.78 is 0. The molecule has 2 aromatic rings. The molecule has 1 heterocycles. The first-order chi connectivity index (χ1) is 6.81. The summed E-state index contributed by atoms with van der Waals surface area (Å²) in [5, 5.41) is 9.77. The average molecular weight is 185 g/mol. The largest absolute Gasteiger partial charge is 0.361 e. The fourth-order valence-electron chi connectivity index (χ4n) is 1.58. The van der Waals surface area contributed by atoms with Crippen molar-refractivity contribution in [3.63, 3.8) is 0 Å². The molecule has 70 valence electrons. The standard InChI is InChI=1S/C11H11N3/c12-6-9(13)5-8-7-14-11-4-2-1-3-10(8)11/h1-4,7,9,14H,5,13H2/t9-/m1/s1. The number of fused-ring (bicyclic) bond motifs is 1. The third-order valence-electron chi connectivity index (χ3n) is 2.28. The van der Waals surface area contributed by atoms with E-state index >= 15 is 0 Å². The van der Waals surface area contributed by atoms with E-state index in [9.17, 15) is 0 Å². The summed E-state index contributed by atoms with van der Waals surface area (Å²) in [5.41, 5.74) is 7.78. The number of aromatic amines is 1. The third-order valence-corrected chi connectivity index (χ3v) is 2.28. The number of nitriles is 1. The third kappa shape index (κ3) is 1.48. The molecule has 0 unspecified atom stereocenters. The molecule has 0 aliphatic heterocycles. The van der Waals surface area contributed by atoms with E-state index in [1.54, 1.807) is 0 Å². The maximum atomic E-state index is 8.62. The second-order valence-corrected chi connectivity index (χ2v) is 3.30. The number of nitrogens with two attached hydrogens (primary N) is 1. The molecule has 1 atom stereocenters. The van der Waals surface area contributed by atoms with Gasteiger partial charge >= 0.3 is 0 Å². The molecule has 0 amide bonds. The molecule has 1 aromatic carbocycles. The zero-order valence-electron chi connectivity index (χ0n) is 7.70. The maximum Gasteiger partial charge on any atom is 0.0969 e. The predicted octanol–water partition coefficient (Wildman–Crippen LogP) is 1.56. The minimum absolute atomic E-state index is 0.422. The van der Waals surface area contributed by atoms with E-state index in [0.29, 0.717) is 6.42 Å². The average Bonchev–Trinajstić information content (AvgIpc) is 2.62. The minimum Gasteiger partial charge on any atom is -0.361 e. The van der Waals surface area contributed by atoms with Gasteiger partial charge in [-0.25, -0.2) is 0 Å². The lowest BCUT2D eigenvalue weighted by Crippen LogP contribution is -2.19. The van der Waals surface area contributed by atoms with Gasteiger partial charge in [0.1, 0.15) is 0 Å². The molecule has 0 aliphatic carbocycles. The van der Waals surface area contributed by atoms with Gasteiger partial charge in [0.2, 0.25) is 0 Å². The number of benzene rings is 1. The molecule has 0 spiro atoms. The Balaban J connectivity index is 2.39. The van der Waals surface area contributed by atoms with E-state index in [0.717, 1.165) is 16.5 Å². The lowest BCUT2D eigenvalue weighted by atomic mass is 10.1. The van der Waals surface area contributed by atoms with Gasteiger partial charge in [0.15, 0.2) is 0 Å². The van der Waals surface area contributed by atoms with Crippen LogP contribution in [0.5, 0.6) is 0 Å². The van der Waals surface area contributed by atoms with E-state index in [4.69, 9.17) is 11.0 Å². The van der Waals surface area contributed by atoms with Crippen molar-refractivity contribution in [2.24, 2.45) is 5.73 Å². The molecule has 0 radical (unpaired) electrons. The molecule has 0 saturated heterocycles. The van der Waals surface area contributed by atoms with Crippen LogP contribution in [0.1, 0.15) is 5.56 Å². The van der Waals surface area contributed by atoms with Crippen molar-refractivity contribution < 1.29 is 0 Å². The Labute approximate surface area is 82.1 Å². The van der Waals surface area contributed by atoms with Gasteiger partial charge < -0.3 is 10.7 Å². The van der Waals surface area contributed by atoms with Gasteiger partial charge in [0, 0.05) is 23.5 Å². The van der Waals surface area contributed by atoms with Crippen LogP contribution in [0.2, 0.25) is 0 Å². The van der Waals surface area contributed by atoms with Crippen LogP contribution >= 0.6 is 0 Å². The van der Waals surface area contributed by atoms with E-state index in [2.05, 4.69) is 4.98 Å². The summed E-state index contributed by atoms with van der Waals surface area (Å²) in [6.45, 7) is 0. The van der Waals surface area contributed by atoms with Crippen LogP contribution in [0.15, 0.2) is 30.5 Å². The monoisotopic (exact) mass is 185 g/mol. The fraction of sp³-hybridized carbons (Fsp3) is 0.182. The molecule has 0 saturated carbocycles. The lowest BCUT2D eigenvalue weighted by Gasteiger charge is -2.00. The summed E-state index contributed by atoms with van der Waals surface area (Å²) in [6, 6.07) is 9.62. The minimum atomic E-state index is -0.422. The zero-order chi connectivity index (χ0) is 9.97. The molecular weight excluding hydrogens is 174 g/mol. The van der Waals surface area contributed by atoms with E-state index < -0.39 is 6.04 Å². The van der Waals surface area contributed by atoms with Gasteiger partial charge in [0.25, 0.3) is 0 Å². The van der Waals surface area contributed by atoms with Crippen LogP contribution in [0.4, 0.5) is 0 Å². The Morgan fingerprint density at radius 1 is 1.43 bits per heavy atom. The maximum absolute atomic E-state index is 8.62. The molecule has 2 rings (SSSR count). The molecule has 0 bridgehead atoms. The van der Waals surface area contributed by atoms with Crippen molar-refractivity contribution in [3.05, 3.63) is 36.0 Å². The number of hydrogen-bond donors (Lipinski definition) is 2. The van der Waals surface area contributed by atoms with Crippen LogP contribution in [-0.4, -0.2) is 11.0 Å². The van der Waals surface area contributed by atoms with E-state index in [1.807, 2.05) is 36.5 Å². The normalized spacial score (nSPS) is 12.6. The van der Waals surface area contributed by atoms with Gasteiger partial charge in [-0.1, -0.05) is 18.2 Å². The number of H-pyrrole nitrogens is 1. The Hall–Kier alpha value is -1.79. The second-order valence-electron chi connectivity index (χ2n) is 3.30. The summed E-state index contributed by atoms with van der Waals surface area (Å²) in [6.07, 6.45) is 2.52. The molecule has 3 nitrogen and oxygen atoms in total. The topological polar surface area (TPSA) is 65.6 Å². The highest BCUT2D eigenvalue weighted by Crippen LogP contribution is 2.18. The Bertz CT molecular complexity index is 478. The summed E-state index contributed by atoms with van der Waals surface area (Å²) in [4.78, 5) is 3.15. The van der Waals surface area contributed by atoms with Crippen molar-refractivity contribution in [1.82, 2.24) is 4.98 Å². The van der Waals surface area contributed by atoms with Crippen molar-refractivity contribution in [3.8, 4) is 6.07 Å². The molecule has 14 heavy (non-hydrogen) atoms. The highest BCUT2D eigenvalue weighted by atomic mass is 14.7. The van der Waals surface area contributed by atoms with Gasteiger partial charge in [0.05, 0.1) is 12.1 Å². The van der Waals surface area contributed by atoms with Crippen LogP contribution in [0.3, 0.4) is 0 Å². The smallest absolute Gasteiger partial charge is 0.0969 e. The van der Waals surface area contributed by atoms with E-state index in [-0.39, 0.29) is 0 Å². The quantitative estimate of drug-likeness (QED) is 0.745. The van der Waals surface area contributed by atoms with E-state index in [1.165, 1.54) is 0 Å². The van der Waals surface area contributed by atoms with Crippen molar-refractivity contribution >= 4 is 10.9 Å². The molecule has 1 aromatic heterocycles. The predicted molar refractivity (Wildman–Crippen MR) is 55.6 cm³/mol. The first-order valence-corrected chi connectivity index (χ1v) is 4.51. The molecular formula is C11H11N3. The van der Waals surface area contributed by atoms with Gasteiger partial charge in [-0.15, -0.1) is 0 Å². The number of nitrogens with one attached hydrogen (secondary N) is 1. The van der Waals surface area contributed by atoms with Gasteiger partial charge in [-0.05, 0) is 11.6 Å². The summed E-state index contributed by atoms with van der Waals surface area (Å²) in [7, 11) is 0. The summed E-state index contributed by atoms with van der Waals surface area (Å²) in [5.74, 6) is 0. The van der Waals surface area contributed by atoms with Gasteiger partial charge in [-0.3, -0.25) is 0 Å². The molecule has 3 N–H and O–H groups in total. The number of rotatable bonds is 2. The molecule has 3 heteroatoms. The van der Waals surface area contributed by atoms with Crippen LogP contribution < -0.4 is 5.73 Å². The number of nitrogens with zero attached hydrogens (tertiary/aromatic N) is 1. The Morgan fingerprint density at radius 2 is 2.21 bits per heavy atom. The lowest BCUT2D eigenvalue weighted by molar-refractivity contribution is 0.827. The Morgan fingerprint density at radius 3 is 3.00 bits per heavy atom.